The summed E-state index contributed by atoms with van der Waals surface area (Å²) >= 11 is 6.32. The molecule has 4 rings (SSSR count). The van der Waals surface area contributed by atoms with Crippen LogP contribution in [0.1, 0.15) is 13.3 Å². The predicted molar refractivity (Wildman–Crippen MR) is 118 cm³/mol. The van der Waals surface area contributed by atoms with E-state index in [4.69, 9.17) is 11.6 Å². The molecule has 5 heteroatoms. The second-order valence-electron chi connectivity index (χ2n) is 7.09. The van der Waals surface area contributed by atoms with Gasteiger partial charge in [-0.15, -0.1) is 0 Å². The number of para-hydroxylation sites is 1. The number of nitrogens with one attached hydrogen (secondary N) is 4. The van der Waals surface area contributed by atoms with Crippen molar-refractivity contribution >= 4 is 44.8 Å². The van der Waals surface area contributed by atoms with Gasteiger partial charge in [0.1, 0.15) is 0 Å². The Kier molecular flexibility index (Phi) is 5.10. The maximum Gasteiger partial charge on any atom is 0.0700 e. The molecule has 1 aliphatic rings. The van der Waals surface area contributed by atoms with Crippen molar-refractivity contribution in [2.24, 2.45) is 5.92 Å². The zero-order chi connectivity index (χ0) is 18.8. The van der Waals surface area contributed by atoms with E-state index in [1.165, 1.54) is 10.8 Å². The largest absolute Gasteiger partial charge is 0.382 e. The van der Waals surface area contributed by atoms with Gasteiger partial charge in [0.05, 0.1) is 11.2 Å². The quantitative estimate of drug-likeness (QED) is 0.432. The molecule has 0 amide bonds. The molecule has 2 aromatic carbocycles. The third-order valence-electron chi connectivity index (χ3n) is 5.07. The molecule has 1 unspecified atom stereocenters. The summed E-state index contributed by atoms with van der Waals surface area (Å²) in [5.74, 6) is 0.405. The van der Waals surface area contributed by atoms with Crippen LogP contribution >= 0.6 is 11.6 Å². The Morgan fingerprint density at radius 3 is 2.85 bits per heavy atom. The van der Waals surface area contributed by atoms with Gasteiger partial charge in [-0.2, -0.15) is 0 Å². The van der Waals surface area contributed by atoms with Gasteiger partial charge in [0.2, 0.25) is 0 Å². The van der Waals surface area contributed by atoms with Crippen LogP contribution in [0.4, 0.5) is 11.4 Å². The normalized spacial score (nSPS) is 17.1. The van der Waals surface area contributed by atoms with E-state index < -0.39 is 0 Å². The van der Waals surface area contributed by atoms with E-state index in [1.54, 1.807) is 0 Å². The maximum atomic E-state index is 6.32. The van der Waals surface area contributed by atoms with Crippen LogP contribution in [-0.4, -0.2) is 25.1 Å². The van der Waals surface area contributed by atoms with Gasteiger partial charge < -0.3 is 20.9 Å². The van der Waals surface area contributed by atoms with Crippen molar-refractivity contribution in [1.82, 2.24) is 10.3 Å². The second-order valence-corrected chi connectivity index (χ2v) is 7.53. The third kappa shape index (κ3) is 3.68. The van der Waals surface area contributed by atoms with Gasteiger partial charge in [-0.25, -0.2) is 0 Å². The molecule has 1 aromatic heterocycles. The fraction of sp³-hybridized carbons (Fsp3) is 0.273. The van der Waals surface area contributed by atoms with Crippen LogP contribution in [0.25, 0.3) is 21.8 Å². The molecule has 0 fully saturated rings. The minimum Gasteiger partial charge on any atom is -0.382 e. The van der Waals surface area contributed by atoms with Crippen molar-refractivity contribution in [1.29, 1.82) is 0 Å². The zero-order valence-electron chi connectivity index (χ0n) is 15.7. The molecule has 0 bridgehead atoms. The highest BCUT2D eigenvalue weighted by Crippen LogP contribution is 2.33. The SMILES string of the molecule is CNCCNc1cccc2c1[nH]c1ccc(NC3=CCC(C)C(Cl)=C3)cc12. The topological polar surface area (TPSA) is 51.9 Å². The summed E-state index contributed by atoms with van der Waals surface area (Å²) in [5, 5.41) is 13.5. The van der Waals surface area contributed by atoms with Crippen LogP contribution in [0, 0.1) is 5.92 Å². The van der Waals surface area contributed by atoms with Crippen molar-refractivity contribution in [2.45, 2.75) is 13.3 Å². The number of likely N-dealkylation sites (N-methyl/N-ethyl adjacent to an activating group) is 1. The average molecular weight is 381 g/mol. The lowest BCUT2D eigenvalue weighted by Gasteiger charge is -2.17. The van der Waals surface area contributed by atoms with E-state index in [0.29, 0.717) is 5.92 Å². The van der Waals surface area contributed by atoms with Crippen LogP contribution in [0.15, 0.2) is 59.3 Å². The number of fused-ring (bicyclic) bond motifs is 3. The minimum absolute atomic E-state index is 0.405. The number of allylic oxidation sites excluding steroid dienone is 3. The Labute approximate surface area is 164 Å². The van der Waals surface area contributed by atoms with E-state index in [2.05, 4.69) is 70.3 Å². The monoisotopic (exact) mass is 380 g/mol. The van der Waals surface area contributed by atoms with Crippen LogP contribution < -0.4 is 16.0 Å². The zero-order valence-corrected chi connectivity index (χ0v) is 16.5. The number of aromatic amines is 1. The lowest BCUT2D eigenvalue weighted by Crippen LogP contribution is -2.17. The highest BCUT2D eigenvalue weighted by atomic mass is 35.5. The van der Waals surface area contributed by atoms with Gasteiger partial charge in [-0.3, -0.25) is 0 Å². The van der Waals surface area contributed by atoms with Crippen molar-refractivity contribution in [2.75, 3.05) is 30.8 Å². The third-order valence-corrected chi connectivity index (χ3v) is 5.55. The van der Waals surface area contributed by atoms with Crippen molar-refractivity contribution < 1.29 is 0 Å². The molecule has 1 aliphatic carbocycles. The molecule has 27 heavy (non-hydrogen) atoms. The molecule has 4 N–H and O–H groups in total. The van der Waals surface area contributed by atoms with E-state index >= 15 is 0 Å². The lowest BCUT2D eigenvalue weighted by molar-refractivity contribution is 0.716. The van der Waals surface area contributed by atoms with E-state index in [-0.39, 0.29) is 0 Å². The van der Waals surface area contributed by atoms with Crippen LogP contribution in [-0.2, 0) is 0 Å². The molecule has 0 spiro atoms. The van der Waals surface area contributed by atoms with Crippen molar-refractivity contribution in [3.05, 3.63) is 59.3 Å². The second kappa shape index (κ2) is 7.67. The summed E-state index contributed by atoms with van der Waals surface area (Å²) in [7, 11) is 1.96. The number of aromatic nitrogens is 1. The Hall–Kier alpha value is -2.43. The predicted octanol–water partition coefficient (Wildman–Crippen LogP) is 5.41. The van der Waals surface area contributed by atoms with Crippen LogP contribution in [0.3, 0.4) is 0 Å². The van der Waals surface area contributed by atoms with E-state index in [1.807, 2.05) is 13.1 Å². The molecule has 0 saturated carbocycles. The Morgan fingerprint density at radius 1 is 1.15 bits per heavy atom. The molecule has 3 aromatic rings. The molecular formula is C22H25ClN4. The van der Waals surface area contributed by atoms with Gasteiger partial charge in [-0.1, -0.05) is 36.7 Å². The first-order chi connectivity index (χ1) is 13.2. The summed E-state index contributed by atoms with van der Waals surface area (Å²) in [6.45, 7) is 3.96. The minimum atomic E-state index is 0.405. The molecule has 1 heterocycles. The first-order valence-corrected chi connectivity index (χ1v) is 9.80. The van der Waals surface area contributed by atoms with Crippen molar-refractivity contribution in [3.8, 4) is 0 Å². The summed E-state index contributed by atoms with van der Waals surface area (Å²) < 4.78 is 0. The number of rotatable bonds is 6. The highest BCUT2D eigenvalue weighted by molar-refractivity contribution is 6.30. The summed E-state index contributed by atoms with van der Waals surface area (Å²) in [5.41, 5.74) is 5.55. The number of H-pyrrole nitrogens is 1. The first kappa shape index (κ1) is 18.0. The van der Waals surface area contributed by atoms with E-state index in [9.17, 15) is 0 Å². The number of benzene rings is 2. The summed E-state index contributed by atoms with van der Waals surface area (Å²) in [4.78, 5) is 3.56. The van der Waals surface area contributed by atoms with Gasteiger partial charge >= 0.3 is 0 Å². The first-order valence-electron chi connectivity index (χ1n) is 9.43. The molecule has 1 atom stereocenters. The molecular weight excluding hydrogens is 356 g/mol. The highest BCUT2D eigenvalue weighted by Gasteiger charge is 2.12. The van der Waals surface area contributed by atoms with Gasteiger partial charge in [0.15, 0.2) is 0 Å². The molecule has 0 aliphatic heterocycles. The molecule has 0 radical (unpaired) electrons. The standard InChI is InChI=1S/C22H25ClN4/c1-14-6-7-16(13-19(14)23)26-15-8-9-20-18(12-15)17-4-3-5-21(22(17)27-20)25-11-10-24-2/h3-5,7-9,12-14,24-27H,6,10-11H2,1-2H3. The summed E-state index contributed by atoms with van der Waals surface area (Å²) in [6.07, 6.45) is 5.20. The molecule has 0 saturated heterocycles. The smallest absolute Gasteiger partial charge is 0.0700 e. The Bertz CT molecular complexity index is 1030. The maximum absolute atomic E-state index is 6.32. The van der Waals surface area contributed by atoms with Gasteiger partial charge in [0, 0.05) is 45.8 Å². The van der Waals surface area contributed by atoms with E-state index in [0.717, 1.165) is 52.6 Å². The summed E-state index contributed by atoms with van der Waals surface area (Å²) in [6, 6.07) is 12.8. The van der Waals surface area contributed by atoms with Crippen LogP contribution in [0.2, 0.25) is 0 Å². The Morgan fingerprint density at radius 2 is 2.04 bits per heavy atom. The van der Waals surface area contributed by atoms with Crippen LogP contribution in [0.5, 0.6) is 0 Å². The average Bonchev–Trinajstić information content (AvgIpc) is 3.04. The lowest BCUT2D eigenvalue weighted by atomic mass is 10.0. The number of anilines is 2. The van der Waals surface area contributed by atoms with Gasteiger partial charge in [0.25, 0.3) is 0 Å². The Balaban J connectivity index is 1.66. The fourth-order valence-electron chi connectivity index (χ4n) is 3.49. The fourth-order valence-corrected chi connectivity index (χ4v) is 3.70. The number of halogens is 1. The van der Waals surface area contributed by atoms with Gasteiger partial charge in [-0.05, 0) is 49.7 Å². The van der Waals surface area contributed by atoms with Crippen molar-refractivity contribution in [3.63, 3.8) is 0 Å². The molecule has 4 nitrogen and oxygen atoms in total. The number of hydrogen-bond acceptors (Lipinski definition) is 3. The molecule has 140 valence electrons. The number of hydrogen-bond donors (Lipinski definition) is 4.